The molecule has 0 unspecified atom stereocenters. The van der Waals surface area contributed by atoms with Crippen molar-refractivity contribution in [1.82, 2.24) is 4.31 Å². The smallest absolute Gasteiger partial charge is 0.248 e. The Hall–Kier alpha value is -2.06. The molecule has 0 aliphatic heterocycles. The van der Waals surface area contributed by atoms with Crippen molar-refractivity contribution in [2.75, 3.05) is 36.4 Å². The van der Waals surface area contributed by atoms with Crippen molar-refractivity contribution in [3.8, 4) is 0 Å². The van der Waals surface area contributed by atoms with E-state index in [4.69, 9.17) is 23.2 Å². The van der Waals surface area contributed by atoms with Gasteiger partial charge in [0.25, 0.3) is 0 Å². The second-order valence-corrected chi connectivity index (χ2v) is 9.71. The third-order valence-corrected chi connectivity index (χ3v) is 7.66. The molecular weight excluding hydrogens is 469 g/mol. The van der Waals surface area contributed by atoms with Crippen LogP contribution in [0.25, 0.3) is 6.08 Å². The van der Waals surface area contributed by atoms with Crippen LogP contribution in [-0.2, 0) is 14.8 Å². The highest BCUT2D eigenvalue weighted by Crippen LogP contribution is 2.30. The van der Waals surface area contributed by atoms with Gasteiger partial charge in [-0.3, -0.25) is 4.79 Å². The molecule has 0 radical (unpaired) electrons. The van der Waals surface area contributed by atoms with E-state index in [1.54, 1.807) is 50.3 Å². The van der Waals surface area contributed by atoms with Crippen molar-refractivity contribution < 1.29 is 13.2 Å². The molecule has 0 heterocycles. The molecule has 6 nitrogen and oxygen atoms in total. The number of hydrogen-bond donors (Lipinski definition) is 1. The molecule has 9 heteroatoms. The first-order chi connectivity index (χ1) is 15.2. The normalized spacial score (nSPS) is 11.8. The lowest BCUT2D eigenvalue weighted by atomic mass is 10.2. The molecule has 0 saturated heterocycles. The molecule has 0 fully saturated rings. The molecule has 2 aromatic carbocycles. The van der Waals surface area contributed by atoms with E-state index in [0.717, 1.165) is 5.69 Å². The van der Waals surface area contributed by atoms with Gasteiger partial charge in [-0.15, -0.1) is 0 Å². The first kappa shape index (κ1) is 26.2. The zero-order chi connectivity index (χ0) is 23.9. The van der Waals surface area contributed by atoms with Crippen molar-refractivity contribution in [2.24, 2.45) is 0 Å². The summed E-state index contributed by atoms with van der Waals surface area (Å²) >= 11 is 12.1. The fraction of sp³-hybridized carbons (Fsp3) is 0.348. The quantitative estimate of drug-likeness (QED) is 0.438. The van der Waals surface area contributed by atoms with Crippen LogP contribution in [0.3, 0.4) is 0 Å². The van der Waals surface area contributed by atoms with E-state index in [-0.39, 0.29) is 4.90 Å². The minimum Gasteiger partial charge on any atom is -0.370 e. The van der Waals surface area contributed by atoms with Crippen LogP contribution in [0.2, 0.25) is 10.0 Å². The summed E-state index contributed by atoms with van der Waals surface area (Å²) < 4.78 is 27.4. The molecule has 0 aromatic heterocycles. The van der Waals surface area contributed by atoms with Gasteiger partial charge in [-0.05, 0) is 55.8 Å². The average molecular weight is 498 g/mol. The number of sulfonamides is 1. The Bertz CT molecular complexity index is 1080. The van der Waals surface area contributed by atoms with Crippen molar-refractivity contribution in [1.29, 1.82) is 0 Å². The summed E-state index contributed by atoms with van der Waals surface area (Å²) in [6.45, 7) is 9.72. The van der Waals surface area contributed by atoms with Gasteiger partial charge in [0.05, 0.1) is 16.3 Å². The fourth-order valence-electron chi connectivity index (χ4n) is 3.30. The third-order valence-electron chi connectivity index (χ3n) is 5.05. The summed E-state index contributed by atoms with van der Waals surface area (Å²) in [6, 6.07) is 9.83. The lowest BCUT2D eigenvalue weighted by Gasteiger charge is -2.25. The molecule has 1 N–H and O–H groups in total. The molecule has 0 spiro atoms. The Labute approximate surface area is 200 Å². The molecule has 174 valence electrons. The van der Waals surface area contributed by atoms with Crippen LogP contribution in [0, 0.1) is 0 Å². The highest BCUT2D eigenvalue weighted by Gasteiger charge is 2.23. The van der Waals surface area contributed by atoms with Gasteiger partial charge < -0.3 is 10.2 Å². The minimum atomic E-state index is -3.66. The summed E-state index contributed by atoms with van der Waals surface area (Å²) in [5.74, 6) is -0.401. The predicted molar refractivity (Wildman–Crippen MR) is 134 cm³/mol. The number of benzene rings is 2. The van der Waals surface area contributed by atoms with E-state index >= 15 is 0 Å². The number of rotatable bonds is 10. The molecule has 2 rings (SSSR count). The molecule has 0 bridgehead atoms. The van der Waals surface area contributed by atoms with Gasteiger partial charge in [0, 0.05) is 42.3 Å². The number of carbonyl (C=O) groups excluding carboxylic acids is 1. The van der Waals surface area contributed by atoms with E-state index in [0.29, 0.717) is 47.5 Å². The molecule has 0 aliphatic rings. The zero-order valence-electron chi connectivity index (χ0n) is 18.7. The summed E-state index contributed by atoms with van der Waals surface area (Å²) in [6.07, 6.45) is 2.94. The Balaban J connectivity index is 2.42. The molecule has 32 heavy (non-hydrogen) atoms. The second-order valence-electron chi connectivity index (χ2n) is 6.93. The van der Waals surface area contributed by atoms with Crippen molar-refractivity contribution in [3.05, 3.63) is 58.1 Å². The molecule has 0 aliphatic carbocycles. The Morgan fingerprint density at radius 3 is 2.19 bits per heavy atom. The van der Waals surface area contributed by atoms with Gasteiger partial charge in [-0.25, -0.2) is 8.42 Å². The summed E-state index contributed by atoms with van der Waals surface area (Å²) in [4.78, 5) is 14.9. The highest BCUT2D eigenvalue weighted by molar-refractivity contribution is 7.89. The van der Waals surface area contributed by atoms with Crippen LogP contribution in [-0.4, -0.2) is 44.8 Å². The predicted octanol–water partition coefficient (Wildman–Crippen LogP) is 5.52. The monoisotopic (exact) mass is 497 g/mol. The fourth-order valence-corrected chi connectivity index (χ4v) is 5.26. The molecule has 2 aromatic rings. The maximum Gasteiger partial charge on any atom is 0.248 e. The van der Waals surface area contributed by atoms with Gasteiger partial charge in [-0.1, -0.05) is 43.1 Å². The van der Waals surface area contributed by atoms with Crippen LogP contribution in [0.15, 0.2) is 47.4 Å². The zero-order valence-corrected chi connectivity index (χ0v) is 21.1. The Morgan fingerprint density at radius 1 is 0.969 bits per heavy atom. The van der Waals surface area contributed by atoms with E-state index in [1.165, 1.54) is 16.4 Å². The standard InChI is InChI=1S/C23H29Cl2N3O3S/c1-5-27(6-2)22-13-12-19(32(30,31)28(7-3)8-4)16-21(22)26-23(29)14-10-17-9-11-18(24)15-20(17)25/h9-16H,5-8H2,1-4H3,(H,26,29)/b14-10+. The van der Waals surface area contributed by atoms with Crippen LogP contribution in [0.5, 0.6) is 0 Å². The summed E-state index contributed by atoms with van der Waals surface area (Å²) in [7, 11) is -3.66. The van der Waals surface area contributed by atoms with Crippen molar-refractivity contribution in [2.45, 2.75) is 32.6 Å². The van der Waals surface area contributed by atoms with E-state index in [2.05, 4.69) is 5.32 Å². The van der Waals surface area contributed by atoms with E-state index < -0.39 is 15.9 Å². The number of amides is 1. The highest BCUT2D eigenvalue weighted by atomic mass is 35.5. The second kappa shape index (κ2) is 11.7. The van der Waals surface area contributed by atoms with E-state index in [9.17, 15) is 13.2 Å². The van der Waals surface area contributed by atoms with Gasteiger partial charge in [0.15, 0.2) is 0 Å². The van der Waals surface area contributed by atoms with Gasteiger partial charge in [0.2, 0.25) is 15.9 Å². The Morgan fingerprint density at radius 2 is 1.62 bits per heavy atom. The lowest BCUT2D eigenvalue weighted by Crippen LogP contribution is -2.31. The molecule has 0 atom stereocenters. The van der Waals surface area contributed by atoms with Gasteiger partial charge in [-0.2, -0.15) is 4.31 Å². The summed E-state index contributed by atoms with van der Waals surface area (Å²) in [5.41, 5.74) is 1.83. The number of carbonyl (C=O) groups is 1. The topological polar surface area (TPSA) is 69.7 Å². The summed E-state index contributed by atoms with van der Waals surface area (Å²) in [5, 5.41) is 3.76. The lowest BCUT2D eigenvalue weighted by molar-refractivity contribution is -0.111. The molecular formula is C23H29Cl2N3O3S. The number of anilines is 2. The first-order valence-corrected chi connectivity index (χ1v) is 12.7. The van der Waals surface area contributed by atoms with Crippen LogP contribution in [0.1, 0.15) is 33.3 Å². The van der Waals surface area contributed by atoms with Crippen LogP contribution >= 0.6 is 23.2 Å². The van der Waals surface area contributed by atoms with Crippen LogP contribution < -0.4 is 10.2 Å². The van der Waals surface area contributed by atoms with E-state index in [1.807, 2.05) is 18.7 Å². The largest absolute Gasteiger partial charge is 0.370 e. The number of nitrogens with zero attached hydrogens (tertiary/aromatic N) is 2. The van der Waals surface area contributed by atoms with Crippen molar-refractivity contribution in [3.63, 3.8) is 0 Å². The average Bonchev–Trinajstić information content (AvgIpc) is 2.75. The number of halogens is 2. The van der Waals surface area contributed by atoms with Crippen molar-refractivity contribution >= 4 is 56.6 Å². The number of nitrogens with one attached hydrogen (secondary N) is 1. The maximum atomic E-state index is 13.0. The van der Waals surface area contributed by atoms with Gasteiger partial charge >= 0.3 is 0 Å². The third kappa shape index (κ3) is 6.25. The Kier molecular flexibility index (Phi) is 9.58. The first-order valence-electron chi connectivity index (χ1n) is 10.5. The molecule has 0 saturated carbocycles. The molecule has 1 amide bonds. The van der Waals surface area contributed by atoms with Gasteiger partial charge in [0.1, 0.15) is 0 Å². The minimum absolute atomic E-state index is 0.136. The SMILES string of the molecule is CCN(CC)c1ccc(S(=O)(=O)N(CC)CC)cc1NC(=O)/C=C/c1ccc(Cl)cc1Cl. The number of hydrogen-bond acceptors (Lipinski definition) is 4. The van der Waals surface area contributed by atoms with Crippen LogP contribution in [0.4, 0.5) is 11.4 Å². The maximum absolute atomic E-state index is 13.0.